The molecule has 1 fully saturated rings. The van der Waals surface area contributed by atoms with Crippen LogP contribution in [0.4, 0.5) is 0 Å². The van der Waals surface area contributed by atoms with Gasteiger partial charge in [-0.3, -0.25) is 9.88 Å². The van der Waals surface area contributed by atoms with Crippen LogP contribution >= 0.6 is 0 Å². The van der Waals surface area contributed by atoms with Crippen molar-refractivity contribution in [2.45, 2.75) is 19.4 Å². The molecule has 134 valence electrons. The average Bonchev–Trinajstić information content (AvgIpc) is 2.91. The van der Waals surface area contributed by atoms with Crippen LogP contribution in [0, 0.1) is 6.92 Å². The molecular formula is C20H27N3O2. The van der Waals surface area contributed by atoms with Crippen LogP contribution in [0.25, 0.3) is 0 Å². The molecule has 1 unspecified atom stereocenters. The molecule has 1 N–H and O–H groups in total. The molecule has 0 aliphatic carbocycles. The highest BCUT2D eigenvalue weighted by molar-refractivity contribution is 5.45. The van der Waals surface area contributed by atoms with Crippen molar-refractivity contribution in [3.63, 3.8) is 0 Å². The summed E-state index contributed by atoms with van der Waals surface area (Å²) in [5.41, 5.74) is 3.29. The molecule has 1 aromatic carbocycles. The van der Waals surface area contributed by atoms with Gasteiger partial charge < -0.3 is 14.8 Å². The van der Waals surface area contributed by atoms with Gasteiger partial charge in [0.1, 0.15) is 0 Å². The Morgan fingerprint density at radius 2 is 1.88 bits per heavy atom. The Labute approximate surface area is 150 Å². The fourth-order valence-electron chi connectivity index (χ4n) is 3.43. The van der Waals surface area contributed by atoms with Gasteiger partial charge >= 0.3 is 0 Å². The molecule has 2 heterocycles. The SMILES string of the molecule is COc1ccc(C(c2cccc(C)n2)N2CCCNCC2)cc1OC. The Bertz CT molecular complexity index is 697. The molecule has 5 nitrogen and oxygen atoms in total. The van der Waals surface area contributed by atoms with E-state index in [1.54, 1.807) is 14.2 Å². The Morgan fingerprint density at radius 1 is 1.04 bits per heavy atom. The zero-order valence-electron chi connectivity index (χ0n) is 15.3. The van der Waals surface area contributed by atoms with E-state index in [0.717, 1.165) is 55.5 Å². The number of pyridine rings is 1. The minimum absolute atomic E-state index is 0.111. The molecule has 1 aliphatic heterocycles. The van der Waals surface area contributed by atoms with E-state index in [2.05, 4.69) is 34.5 Å². The molecule has 1 saturated heterocycles. The summed E-state index contributed by atoms with van der Waals surface area (Å²) in [4.78, 5) is 7.32. The van der Waals surface area contributed by atoms with Crippen molar-refractivity contribution in [1.29, 1.82) is 0 Å². The monoisotopic (exact) mass is 341 g/mol. The van der Waals surface area contributed by atoms with Crippen LogP contribution in [-0.2, 0) is 0 Å². The van der Waals surface area contributed by atoms with Gasteiger partial charge in [-0.15, -0.1) is 0 Å². The van der Waals surface area contributed by atoms with E-state index in [0.29, 0.717) is 0 Å². The van der Waals surface area contributed by atoms with Gasteiger partial charge in [0.15, 0.2) is 11.5 Å². The minimum atomic E-state index is 0.111. The third-order valence-corrected chi connectivity index (χ3v) is 4.65. The summed E-state index contributed by atoms with van der Waals surface area (Å²) in [5, 5.41) is 3.48. The van der Waals surface area contributed by atoms with Crippen molar-refractivity contribution in [3.8, 4) is 11.5 Å². The van der Waals surface area contributed by atoms with Crippen molar-refractivity contribution in [3.05, 3.63) is 53.3 Å². The standard InChI is InChI=1S/C20H27N3O2/c1-15-6-4-7-17(22-15)20(23-12-5-10-21-11-13-23)16-8-9-18(24-2)19(14-16)25-3/h4,6-9,14,20-21H,5,10-13H2,1-3H3. The molecule has 0 radical (unpaired) electrons. The minimum Gasteiger partial charge on any atom is -0.493 e. The second kappa shape index (κ2) is 8.32. The lowest BCUT2D eigenvalue weighted by Gasteiger charge is -2.31. The normalized spacial score (nSPS) is 16.9. The molecule has 0 saturated carbocycles. The van der Waals surface area contributed by atoms with E-state index in [4.69, 9.17) is 14.5 Å². The summed E-state index contributed by atoms with van der Waals surface area (Å²) in [6.07, 6.45) is 1.13. The average molecular weight is 341 g/mol. The first-order valence-electron chi connectivity index (χ1n) is 8.83. The number of hydrogen-bond acceptors (Lipinski definition) is 5. The molecule has 25 heavy (non-hydrogen) atoms. The molecular weight excluding hydrogens is 314 g/mol. The fourth-order valence-corrected chi connectivity index (χ4v) is 3.43. The number of ether oxygens (including phenoxy) is 2. The Morgan fingerprint density at radius 3 is 2.64 bits per heavy atom. The molecule has 0 bridgehead atoms. The van der Waals surface area contributed by atoms with Crippen LogP contribution in [0.1, 0.15) is 29.4 Å². The molecule has 5 heteroatoms. The summed E-state index contributed by atoms with van der Waals surface area (Å²) in [5.74, 6) is 1.50. The maximum Gasteiger partial charge on any atom is 0.161 e. The Balaban J connectivity index is 2.04. The van der Waals surface area contributed by atoms with Crippen molar-refractivity contribution in [2.24, 2.45) is 0 Å². The van der Waals surface area contributed by atoms with Crippen molar-refractivity contribution in [1.82, 2.24) is 15.2 Å². The highest BCUT2D eigenvalue weighted by Crippen LogP contribution is 2.34. The molecule has 1 atom stereocenters. The maximum atomic E-state index is 5.52. The first-order valence-corrected chi connectivity index (χ1v) is 8.83. The Hall–Kier alpha value is -2.11. The number of methoxy groups -OCH3 is 2. The summed E-state index contributed by atoms with van der Waals surface area (Å²) < 4.78 is 10.9. The third kappa shape index (κ3) is 4.11. The van der Waals surface area contributed by atoms with Gasteiger partial charge in [0, 0.05) is 25.3 Å². The molecule has 1 aromatic heterocycles. The van der Waals surface area contributed by atoms with E-state index < -0.39 is 0 Å². The van der Waals surface area contributed by atoms with Crippen LogP contribution in [0.5, 0.6) is 11.5 Å². The van der Waals surface area contributed by atoms with Gasteiger partial charge in [-0.25, -0.2) is 0 Å². The second-order valence-electron chi connectivity index (χ2n) is 6.36. The van der Waals surface area contributed by atoms with E-state index in [1.165, 1.54) is 5.56 Å². The largest absolute Gasteiger partial charge is 0.493 e. The number of rotatable bonds is 5. The Kier molecular flexibility index (Phi) is 5.89. The molecule has 3 rings (SSSR count). The number of aryl methyl sites for hydroxylation is 1. The van der Waals surface area contributed by atoms with Gasteiger partial charge in [-0.05, 0) is 49.7 Å². The van der Waals surface area contributed by atoms with Crippen molar-refractivity contribution in [2.75, 3.05) is 40.4 Å². The number of benzene rings is 1. The summed E-state index contributed by atoms with van der Waals surface area (Å²) in [6, 6.07) is 12.5. The van der Waals surface area contributed by atoms with Gasteiger partial charge in [0.25, 0.3) is 0 Å². The van der Waals surface area contributed by atoms with Crippen LogP contribution in [-0.4, -0.2) is 50.3 Å². The first kappa shape index (κ1) is 17.7. The van der Waals surface area contributed by atoms with E-state index in [1.807, 2.05) is 19.1 Å². The van der Waals surface area contributed by atoms with E-state index >= 15 is 0 Å². The lowest BCUT2D eigenvalue weighted by molar-refractivity contribution is 0.236. The van der Waals surface area contributed by atoms with Gasteiger partial charge in [0.05, 0.1) is 26.0 Å². The van der Waals surface area contributed by atoms with Gasteiger partial charge in [-0.1, -0.05) is 12.1 Å². The summed E-state index contributed by atoms with van der Waals surface area (Å²) in [6.45, 7) is 6.14. The predicted octanol–water partition coefficient (Wildman–Crippen LogP) is 2.79. The predicted molar refractivity (Wildman–Crippen MR) is 99.4 cm³/mol. The summed E-state index contributed by atoms with van der Waals surface area (Å²) in [7, 11) is 3.34. The van der Waals surface area contributed by atoms with E-state index in [-0.39, 0.29) is 6.04 Å². The number of hydrogen-bond donors (Lipinski definition) is 1. The first-order chi connectivity index (χ1) is 12.2. The number of aromatic nitrogens is 1. The van der Waals surface area contributed by atoms with Crippen LogP contribution < -0.4 is 14.8 Å². The second-order valence-corrected chi connectivity index (χ2v) is 6.36. The highest BCUT2D eigenvalue weighted by Gasteiger charge is 2.25. The molecule has 2 aromatic rings. The number of nitrogens with one attached hydrogen (secondary N) is 1. The van der Waals surface area contributed by atoms with Crippen LogP contribution in [0.3, 0.4) is 0 Å². The van der Waals surface area contributed by atoms with Gasteiger partial charge in [-0.2, -0.15) is 0 Å². The molecule has 0 amide bonds. The third-order valence-electron chi connectivity index (χ3n) is 4.65. The van der Waals surface area contributed by atoms with E-state index in [9.17, 15) is 0 Å². The summed E-state index contributed by atoms with van der Waals surface area (Å²) >= 11 is 0. The van der Waals surface area contributed by atoms with Crippen LogP contribution in [0.2, 0.25) is 0 Å². The van der Waals surface area contributed by atoms with Crippen molar-refractivity contribution < 1.29 is 9.47 Å². The lowest BCUT2D eigenvalue weighted by atomic mass is 10.00. The quantitative estimate of drug-likeness (QED) is 0.906. The lowest BCUT2D eigenvalue weighted by Crippen LogP contribution is -2.33. The zero-order chi connectivity index (χ0) is 17.6. The van der Waals surface area contributed by atoms with Crippen LogP contribution in [0.15, 0.2) is 36.4 Å². The van der Waals surface area contributed by atoms with Crippen molar-refractivity contribution >= 4 is 0 Å². The smallest absolute Gasteiger partial charge is 0.161 e. The zero-order valence-corrected chi connectivity index (χ0v) is 15.3. The molecule has 1 aliphatic rings. The van der Waals surface area contributed by atoms with Gasteiger partial charge in [0.2, 0.25) is 0 Å². The maximum absolute atomic E-state index is 5.52. The topological polar surface area (TPSA) is 46.6 Å². The number of nitrogens with zero attached hydrogens (tertiary/aromatic N) is 2. The fraction of sp³-hybridized carbons (Fsp3) is 0.450. The highest BCUT2D eigenvalue weighted by atomic mass is 16.5. The molecule has 0 spiro atoms.